The number of furan rings is 1. The molecule has 124 valence electrons. The van der Waals surface area contributed by atoms with Crippen molar-refractivity contribution in [3.8, 4) is 0 Å². The molecule has 0 aliphatic carbocycles. The van der Waals surface area contributed by atoms with Crippen LogP contribution >= 0.6 is 0 Å². The Morgan fingerprint density at radius 1 is 1.41 bits per heavy atom. The van der Waals surface area contributed by atoms with Gasteiger partial charge in [0.2, 0.25) is 5.91 Å². The van der Waals surface area contributed by atoms with Crippen LogP contribution in [0, 0.1) is 0 Å². The zero-order valence-corrected chi connectivity index (χ0v) is 13.6. The van der Waals surface area contributed by atoms with Crippen molar-refractivity contribution >= 4 is 5.91 Å². The highest BCUT2D eigenvalue weighted by Gasteiger charge is 2.25. The molecular weight excluding hydrogens is 282 g/mol. The summed E-state index contributed by atoms with van der Waals surface area (Å²) < 4.78 is 10.6. The fraction of sp³-hybridized carbons (Fsp3) is 0.688. The van der Waals surface area contributed by atoms with Crippen LogP contribution in [0.25, 0.3) is 0 Å². The third kappa shape index (κ3) is 5.12. The minimum atomic E-state index is -0.107. The summed E-state index contributed by atoms with van der Waals surface area (Å²) in [6.45, 7) is 10.8. The van der Waals surface area contributed by atoms with E-state index in [9.17, 15) is 4.79 Å². The van der Waals surface area contributed by atoms with E-state index < -0.39 is 0 Å². The second-order valence-corrected chi connectivity index (χ2v) is 5.55. The number of hydrogen-bond donors (Lipinski definition) is 1. The molecule has 1 aliphatic rings. The van der Waals surface area contributed by atoms with Crippen molar-refractivity contribution < 1.29 is 13.9 Å². The molecular formula is C16H27N3O3. The lowest BCUT2D eigenvalue weighted by Gasteiger charge is -2.37. The molecule has 1 atom stereocenters. The third-order valence-corrected chi connectivity index (χ3v) is 4.11. The zero-order valence-electron chi connectivity index (χ0n) is 13.6. The molecule has 1 aliphatic heterocycles. The lowest BCUT2D eigenvalue weighted by Crippen LogP contribution is -2.54. The van der Waals surface area contributed by atoms with E-state index in [0.29, 0.717) is 6.54 Å². The van der Waals surface area contributed by atoms with Crippen molar-refractivity contribution in [1.29, 1.82) is 0 Å². The van der Waals surface area contributed by atoms with Crippen molar-refractivity contribution in [3.05, 3.63) is 24.2 Å². The van der Waals surface area contributed by atoms with Crippen LogP contribution in [-0.4, -0.2) is 67.7 Å². The summed E-state index contributed by atoms with van der Waals surface area (Å²) in [6.07, 6.45) is 1.62. The summed E-state index contributed by atoms with van der Waals surface area (Å²) in [6, 6.07) is 3.58. The quantitative estimate of drug-likeness (QED) is 0.724. The molecule has 0 spiro atoms. The van der Waals surface area contributed by atoms with Gasteiger partial charge in [0.25, 0.3) is 0 Å². The predicted molar refractivity (Wildman–Crippen MR) is 84.5 cm³/mol. The van der Waals surface area contributed by atoms with E-state index in [4.69, 9.17) is 9.15 Å². The Bertz CT molecular complexity index is 428. The van der Waals surface area contributed by atoms with Gasteiger partial charge in [0.15, 0.2) is 0 Å². The number of amides is 1. The Hall–Kier alpha value is -1.37. The van der Waals surface area contributed by atoms with Gasteiger partial charge in [-0.15, -0.1) is 0 Å². The smallest absolute Gasteiger partial charge is 0.237 e. The largest absolute Gasteiger partial charge is 0.467 e. The highest BCUT2D eigenvalue weighted by molar-refractivity contribution is 5.81. The molecule has 1 saturated heterocycles. The second kappa shape index (κ2) is 8.92. The van der Waals surface area contributed by atoms with Crippen LogP contribution in [0.1, 0.15) is 19.6 Å². The molecule has 1 N–H and O–H groups in total. The number of hydrogen-bond acceptors (Lipinski definition) is 5. The Morgan fingerprint density at radius 2 is 2.18 bits per heavy atom. The van der Waals surface area contributed by atoms with Crippen LogP contribution < -0.4 is 5.32 Å². The van der Waals surface area contributed by atoms with Crippen molar-refractivity contribution in [1.82, 2.24) is 15.1 Å². The minimum absolute atomic E-state index is 0.0548. The van der Waals surface area contributed by atoms with Gasteiger partial charge in [0.1, 0.15) is 5.76 Å². The summed E-state index contributed by atoms with van der Waals surface area (Å²) in [5.74, 6) is 0.834. The molecule has 0 bridgehead atoms. The van der Waals surface area contributed by atoms with Crippen molar-refractivity contribution in [2.24, 2.45) is 0 Å². The van der Waals surface area contributed by atoms with Crippen LogP contribution in [0.15, 0.2) is 22.8 Å². The summed E-state index contributed by atoms with van der Waals surface area (Å²) in [4.78, 5) is 16.8. The van der Waals surface area contributed by atoms with Crippen LogP contribution in [0.4, 0.5) is 0 Å². The van der Waals surface area contributed by atoms with Crippen molar-refractivity contribution in [2.45, 2.75) is 26.4 Å². The van der Waals surface area contributed by atoms with Crippen LogP contribution in [0.5, 0.6) is 0 Å². The normalized spacial score (nSPS) is 18.3. The van der Waals surface area contributed by atoms with Gasteiger partial charge in [-0.25, -0.2) is 0 Å². The molecule has 1 amide bonds. The first-order chi connectivity index (χ1) is 10.7. The number of ether oxygens (including phenoxy) is 1. The molecule has 1 aromatic rings. The van der Waals surface area contributed by atoms with Crippen molar-refractivity contribution in [2.75, 3.05) is 45.9 Å². The van der Waals surface area contributed by atoms with E-state index in [2.05, 4.69) is 15.1 Å². The summed E-state index contributed by atoms with van der Waals surface area (Å²) >= 11 is 0. The second-order valence-electron chi connectivity index (χ2n) is 5.55. The standard InChI is InChI=1S/C16H27N3O3/c1-3-21-12-10-18-6-8-19(9-7-18)14(2)16(20)17-13-15-5-4-11-22-15/h4-5,11,14H,3,6-10,12-13H2,1-2H3,(H,17,20)/t14-/m1/s1. The number of rotatable bonds is 8. The lowest BCUT2D eigenvalue weighted by molar-refractivity contribution is -0.126. The molecule has 6 nitrogen and oxygen atoms in total. The minimum Gasteiger partial charge on any atom is -0.467 e. The average Bonchev–Trinajstić information content (AvgIpc) is 3.06. The van der Waals surface area contributed by atoms with Gasteiger partial charge in [-0.3, -0.25) is 14.6 Å². The molecule has 0 unspecified atom stereocenters. The van der Waals surface area contributed by atoms with E-state index in [1.54, 1.807) is 6.26 Å². The maximum Gasteiger partial charge on any atom is 0.237 e. The number of carbonyl (C=O) groups excluding carboxylic acids is 1. The first-order valence-electron chi connectivity index (χ1n) is 8.05. The van der Waals surface area contributed by atoms with Gasteiger partial charge in [-0.1, -0.05) is 0 Å². The fourth-order valence-corrected chi connectivity index (χ4v) is 2.61. The Kier molecular flexibility index (Phi) is 6.89. The molecule has 1 aromatic heterocycles. The summed E-state index contributed by atoms with van der Waals surface area (Å²) in [7, 11) is 0. The van der Waals surface area contributed by atoms with E-state index in [1.807, 2.05) is 26.0 Å². The summed E-state index contributed by atoms with van der Waals surface area (Å²) in [5.41, 5.74) is 0. The van der Waals surface area contributed by atoms with Crippen LogP contribution in [0.3, 0.4) is 0 Å². The molecule has 2 heterocycles. The monoisotopic (exact) mass is 309 g/mol. The maximum absolute atomic E-state index is 12.2. The SMILES string of the molecule is CCOCCN1CCN([C@H](C)C(=O)NCc2ccco2)CC1. The number of nitrogens with zero attached hydrogens (tertiary/aromatic N) is 2. The summed E-state index contributed by atoms with van der Waals surface area (Å²) in [5, 5.41) is 2.93. The third-order valence-electron chi connectivity index (χ3n) is 4.11. The first-order valence-corrected chi connectivity index (χ1v) is 8.05. The molecule has 0 aromatic carbocycles. The highest BCUT2D eigenvalue weighted by Crippen LogP contribution is 2.07. The molecule has 1 fully saturated rings. The van der Waals surface area contributed by atoms with Gasteiger partial charge >= 0.3 is 0 Å². The number of nitrogens with one attached hydrogen (secondary N) is 1. The molecule has 2 rings (SSSR count). The number of carbonyl (C=O) groups is 1. The van der Waals surface area contributed by atoms with Gasteiger partial charge in [0, 0.05) is 39.3 Å². The number of piperazine rings is 1. The van der Waals surface area contributed by atoms with Gasteiger partial charge in [-0.2, -0.15) is 0 Å². The Morgan fingerprint density at radius 3 is 2.82 bits per heavy atom. The Balaban J connectivity index is 1.67. The van der Waals surface area contributed by atoms with Gasteiger partial charge in [-0.05, 0) is 26.0 Å². The van der Waals surface area contributed by atoms with Gasteiger partial charge in [0.05, 0.1) is 25.5 Å². The predicted octanol–water partition coefficient (Wildman–Crippen LogP) is 0.938. The van der Waals surface area contributed by atoms with E-state index in [1.165, 1.54) is 0 Å². The Labute approximate surface area is 132 Å². The molecule has 0 saturated carbocycles. The van der Waals surface area contributed by atoms with Gasteiger partial charge < -0.3 is 14.5 Å². The first kappa shape index (κ1) is 17.0. The zero-order chi connectivity index (χ0) is 15.8. The molecule has 0 radical (unpaired) electrons. The fourth-order valence-electron chi connectivity index (χ4n) is 2.61. The van der Waals surface area contributed by atoms with Crippen molar-refractivity contribution in [3.63, 3.8) is 0 Å². The van der Waals surface area contributed by atoms with E-state index in [-0.39, 0.29) is 11.9 Å². The molecule has 6 heteroatoms. The highest BCUT2D eigenvalue weighted by atomic mass is 16.5. The maximum atomic E-state index is 12.2. The van der Waals surface area contributed by atoms with Crippen LogP contribution in [-0.2, 0) is 16.1 Å². The average molecular weight is 309 g/mol. The molecule has 22 heavy (non-hydrogen) atoms. The van der Waals surface area contributed by atoms with Crippen LogP contribution in [0.2, 0.25) is 0 Å². The van der Waals surface area contributed by atoms with E-state index >= 15 is 0 Å². The topological polar surface area (TPSA) is 58.0 Å². The lowest BCUT2D eigenvalue weighted by atomic mass is 10.2. The van der Waals surface area contributed by atoms with E-state index in [0.717, 1.165) is 51.7 Å².